The fourth-order valence-electron chi connectivity index (χ4n) is 1.26. The van der Waals surface area contributed by atoms with Crippen LogP contribution in [0.15, 0.2) is 48.6 Å². The van der Waals surface area contributed by atoms with Crippen LogP contribution in [0.4, 0.5) is 4.79 Å². The van der Waals surface area contributed by atoms with Crippen molar-refractivity contribution in [3.8, 4) is 0 Å². The monoisotopic (exact) mass is 260 g/mol. The van der Waals surface area contributed by atoms with Crippen LogP contribution >= 0.6 is 0 Å². The number of ether oxygens (including phenoxy) is 2. The van der Waals surface area contributed by atoms with Gasteiger partial charge in [0.15, 0.2) is 0 Å². The molecule has 0 unspecified atom stereocenters. The van der Waals surface area contributed by atoms with Crippen LogP contribution in [0.3, 0.4) is 0 Å². The van der Waals surface area contributed by atoms with Gasteiger partial charge in [-0.15, -0.1) is 0 Å². The lowest BCUT2D eigenvalue weighted by atomic mass is 10.2. The molecule has 3 nitrogen and oxygen atoms in total. The van der Waals surface area contributed by atoms with Gasteiger partial charge in [-0.3, -0.25) is 0 Å². The van der Waals surface area contributed by atoms with E-state index in [0.29, 0.717) is 0 Å². The highest BCUT2D eigenvalue weighted by molar-refractivity contribution is 5.60. The fourth-order valence-corrected chi connectivity index (χ4v) is 1.26. The maximum Gasteiger partial charge on any atom is 0.509 e. The third kappa shape index (κ3) is 7.82. The van der Waals surface area contributed by atoms with Gasteiger partial charge in [-0.1, -0.05) is 48.6 Å². The summed E-state index contributed by atoms with van der Waals surface area (Å²) in [6.45, 7) is 5.60. The van der Waals surface area contributed by atoms with Crippen molar-refractivity contribution in [1.29, 1.82) is 0 Å². The summed E-state index contributed by atoms with van der Waals surface area (Å²) in [6.07, 6.45) is 6.81. The fraction of sp³-hybridized carbons (Fsp3) is 0.312. The summed E-state index contributed by atoms with van der Waals surface area (Å²) in [5.41, 5.74) is 0.605. The van der Waals surface area contributed by atoms with Gasteiger partial charge >= 0.3 is 6.16 Å². The van der Waals surface area contributed by atoms with Crippen LogP contribution in [0.2, 0.25) is 0 Å². The summed E-state index contributed by atoms with van der Waals surface area (Å²) in [4.78, 5) is 11.2. The third-order valence-electron chi connectivity index (χ3n) is 2.02. The molecule has 1 aromatic rings. The second-order valence-corrected chi connectivity index (χ2v) is 4.97. The topological polar surface area (TPSA) is 35.5 Å². The standard InChI is InChI=1S/C16H20O3/c1-16(2,3)19-15(17)18-13-9-5-8-12-14-10-6-4-7-11-14/h4-12H,13H2,1-3H3/b9-5+,12-8+. The van der Waals surface area contributed by atoms with E-state index in [1.165, 1.54) is 0 Å². The maximum atomic E-state index is 11.2. The predicted molar refractivity (Wildman–Crippen MR) is 76.8 cm³/mol. The molecule has 0 fully saturated rings. The van der Waals surface area contributed by atoms with Crippen molar-refractivity contribution in [2.45, 2.75) is 26.4 Å². The van der Waals surface area contributed by atoms with Crippen molar-refractivity contribution in [3.63, 3.8) is 0 Å². The minimum Gasteiger partial charge on any atom is -0.430 e. The molecule has 0 amide bonds. The van der Waals surface area contributed by atoms with Gasteiger partial charge in [0, 0.05) is 0 Å². The van der Waals surface area contributed by atoms with Crippen molar-refractivity contribution >= 4 is 12.2 Å². The molecule has 1 rings (SSSR count). The lowest BCUT2D eigenvalue weighted by Gasteiger charge is -2.18. The first-order chi connectivity index (χ1) is 8.97. The van der Waals surface area contributed by atoms with Gasteiger partial charge in [0.25, 0.3) is 0 Å². The number of carbonyl (C=O) groups excluding carboxylic acids is 1. The number of allylic oxidation sites excluding steroid dienone is 2. The first-order valence-corrected chi connectivity index (χ1v) is 6.21. The van der Waals surface area contributed by atoms with Gasteiger partial charge in [0.1, 0.15) is 12.2 Å². The Bertz CT molecular complexity index is 439. The van der Waals surface area contributed by atoms with Crippen molar-refractivity contribution in [3.05, 3.63) is 54.1 Å². The largest absolute Gasteiger partial charge is 0.509 e. The summed E-state index contributed by atoms with van der Waals surface area (Å²) in [5.74, 6) is 0. The molecule has 0 bridgehead atoms. The number of hydrogen-bond donors (Lipinski definition) is 0. The average Bonchev–Trinajstić information content (AvgIpc) is 2.32. The second-order valence-electron chi connectivity index (χ2n) is 4.97. The molecule has 0 spiro atoms. The molecule has 0 radical (unpaired) electrons. The Kier molecular flexibility index (Phi) is 5.86. The minimum atomic E-state index is -0.649. The molecular weight excluding hydrogens is 240 g/mol. The normalized spacial score (nSPS) is 11.9. The zero-order valence-corrected chi connectivity index (χ0v) is 11.6. The number of carbonyl (C=O) groups is 1. The van der Waals surface area contributed by atoms with Gasteiger partial charge in [0.2, 0.25) is 0 Å². The Morgan fingerprint density at radius 2 is 1.84 bits per heavy atom. The minimum absolute atomic E-state index is 0.202. The Morgan fingerprint density at radius 1 is 1.16 bits per heavy atom. The van der Waals surface area contributed by atoms with Crippen molar-refractivity contribution in [1.82, 2.24) is 0 Å². The summed E-state index contributed by atoms with van der Waals surface area (Å²) in [6, 6.07) is 9.97. The third-order valence-corrected chi connectivity index (χ3v) is 2.02. The highest BCUT2D eigenvalue weighted by Gasteiger charge is 2.16. The Labute approximate surface area is 114 Å². The molecule has 1 aromatic carbocycles. The van der Waals surface area contributed by atoms with Crippen LogP contribution in [-0.4, -0.2) is 18.4 Å². The molecule has 0 heterocycles. The van der Waals surface area contributed by atoms with E-state index in [0.717, 1.165) is 5.56 Å². The van der Waals surface area contributed by atoms with Crippen molar-refractivity contribution in [2.24, 2.45) is 0 Å². The summed E-state index contributed by atoms with van der Waals surface area (Å²) in [5, 5.41) is 0. The number of benzene rings is 1. The van der Waals surface area contributed by atoms with E-state index in [1.807, 2.05) is 48.6 Å². The van der Waals surface area contributed by atoms with E-state index >= 15 is 0 Å². The van der Waals surface area contributed by atoms with Crippen LogP contribution in [0.1, 0.15) is 26.3 Å². The van der Waals surface area contributed by atoms with Crippen LogP contribution in [-0.2, 0) is 9.47 Å². The van der Waals surface area contributed by atoms with Gasteiger partial charge in [0.05, 0.1) is 0 Å². The van der Waals surface area contributed by atoms with Gasteiger partial charge < -0.3 is 9.47 Å². The molecule has 0 aromatic heterocycles. The molecule has 102 valence electrons. The maximum absolute atomic E-state index is 11.2. The van der Waals surface area contributed by atoms with E-state index < -0.39 is 11.8 Å². The van der Waals surface area contributed by atoms with E-state index in [4.69, 9.17) is 9.47 Å². The Balaban J connectivity index is 2.24. The first kappa shape index (κ1) is 15.0. The number of hydrogen-bond acceptors (Lipinski definition) is 3. The lowest BCUT2D eigenvalue weighted by molar-refractivity contribution is -0.00241. The number of rotatable bonds is 4. The van der Waals surface area contributed by atoms with Crippen LogP contribution in [0.5, 0.6) is 0 Å². The second kappa shape index (κ2) is 7.41. The molecule has 0 N–H and O–H groups in total. The van der Waals surface area contributed by atoms with Gasteiger partial charge in [-0.25, -0.2) is 4.79 Å². The highest BCUT2D eigenvalue weighted by atomic mass is 16.7. The van der Waals surface area contributed by atoms with Crippen molar-refractivity contribution < 1.29 is 14.3 Å². The van der Waals surface area contributed by atoms with E-state index in [-0.39, 0.29) is 6.61 Å². The van der Waals surface area contributed by atoms with Crippen LogP contribution in [0.25, 0.3) is 6.08 Å². The SMILES string of the molecule is CC(C)(C)OC(=O)OC/C=C/C=C/c1ccccc1. The molecule has 0 saturated heterocycles. The molecule has 0 aliphatic heterocycles. The smallest absolute Gasteiger partial charge is 0.430 e. The van der Waals surface area contributed by atoms with E-state index in [2.05, 4.69) is 0 Å². The van der Waals surface area contributed by atoms with Gasteiger partial charge in [-0.2, -0.15) is 0 Å². The van der Waals surface area contributed by atoms with Gasteiger partial charge in [-0.05, 0) is 32.4 Å². The molecule has 0 aliphatic carbocycles. The Morgan fingerprint density at radius 3 is 2.47 bits per heavy atom. The Hall–Kier alpha value is -2.03. The van der Waals surface area contributed by atoms with Crippen LogP contribution in [0, 0.1) is 0 Å². The van der Waals surface area contributed by atoms with E-state index in [1.54, 1.807) is 26.8 Å². The zero-order chi connectivity index (χ0) is 14.1. The van der Waals surface area contributed by atoms with Crippen LogP contribution < -0.4 is 0 Å². The average molecular weight is 260 g/mol. The highest BCUT2D eigenvalue weighted by Crippen LogP contribution is 2.07. The molecule has 0 saturated carbocycles. The predicted octanol–water partition coefficient (Wildman–Crippen LogP) is 4.21. The van der Waals surface area contributed by atoms with E-state index in [9.17, 15) is 4.79 Å². The summed E-state index contributed by atoms with van der Waals surface area (Å²) >= 11 is 0. The first-order valence-electron chi connectivity index (χ1n) is 6.21. The molecular formula is C16H20O3. The zero-order valence-electron chi connectivity index (χ0n) is 11.6. The molecule has 19 heavy (non-hydrogen) atoms. The van der Waals surface area contributed by atoms with Crippen molar-refractivity contribution in [2.75, 3.05) is 6.61 Å². The summed E-state index contributed by atoms with van der Waals surface area (Å²) < 4.78 is 9.89. The molecule has 0 atom stereocenters. The summed E-state index contributed by atoms with van der Waals surface area (Å²) in [7, 11) is 0. The lowest BCUT2D eigenvalue weighted by Crippen LogP contribution is -2.24. The molecule has 0 aliphatic rings. The molecule has 3 heteroatoms. The quantitative estimate of drug-likeness (QED) is 0.601.